The number of carbonyl (C=O) groups is 1. The molecule has 0 saturated carbocycles. The zero-order valence-corrected chi connectivity index (χ0v) is 13.8. The van der Waals surface area contributed by atoms with Gasteiger partial charge in [-0.05, 0) is 24.3 Å². The van der Waals surface area contributed by atoms with Gasteiger partial charge in [0.25, 0.3) is 5.91 Å². The van der Waals surface area contributed by atoms with Gasteiger partial charge in [0.05, 0.1) is 29.3 Å². The molecular formula is C15H10N6OS2. The van der Waals surface area contributed by atoms with Crippen molar-refractivity contribution >= 4 is 56.5 Å². The summed E-state index contributed by atoms with van der Waals surface area (Å²) in [6, 6.07) is 9.18. The van der Waals surface area contributed by atoms with Crippen LogP contribution < -0.4 is 10.6 Å². The van der Waals surface area contributed by atoms with Crippen LogP contribution in [0.1, 0.15) is 10.5 Å². The lowest BCUT2D eigenvalue weighted by Crippen LogP contribution is -2.12. The van der Waals surface area contributed by atoms with Gasteiger partial charge < -0.3 is 10.6 Å². The van der Waals surface area contributed by atoms with Gasteiger partial charge in [-0.15, -0.1) is 11.3 Å². The van der Waals surface area contributed by atoms with Crippen molar-refractivity contribution in [3.8, 4) is 0 Å². The third-order valence-electron chi connectivity index (χ3n) is 3.18. The number of anilines is 3. The van der Waals surface area contributed by atoms with Crippen molar-refractivity contribution in [1.29, 1.82) is 0 Å². The summed E-state index contributed by atoms with van der Waals surface area (Å²) >= 11 is 2.47. The third kappa shape index (κ3) is 2.94. The molecule has 1 amide bonds. The fraction of sp³-hybridized carbons (Fsp3) is 0. The minimum Gasteiger partial charge on any atom is -0.330 e. The molecule has 4 rings (SSSR count). The van der Waals surface area contributed by atoms with Crippen molar-refractivity contribution in [2.45, 2.75) is 0 Å². The minimum atomic E-state index is -0.286. The molecule has 0 aliphatic heterocycles. The molecule has 24 heavy (non-hydrogen) atoms. The molecule has 0 unspecified atom stereocenters. The van der Waals surface area contributed by atoms with Gasteiger partial charge in [-0.25, -0.2) is 4.98 Å². The first-order valence-electron chi connectivity index (χ1n) is 6.95. The fourth-order valence-corrected chi connectivity index (χ4v) is 3.35. The molecule has 118 valence electrons. The van der Waals surface area contributed by atoms with Gasteiger partial charge in [-0.3, -0.25) is 9.78 Å². The Morgan fingerprint density at radius 1 is 1.12 bits per heavy atom. The molecule has 3 heterocycles. The molecular weight excluding hydrogens is 344 g/mol. The first-order chi connectivity index (χ1) is 11.8. The number of hydrogen-bond acceptors (Lipinski definition) is 8. The zero-order chi connectivity index (χ0) is 16.4. The van der Waals surface area contributed by atoms with Crippen LogP contribution in [-0.4, -0.2) is 24.6 Å². The maximum atomic E-state index is 12.4. The van der Waals surface area contributed by atoms with E-state index in [-0.39, 0.29) is 5.91 Å². The molecule has 0 aliphatic carbocycles. The molecule has 0 fully saturated rings. The first kappa shape index (κ1) is 14.7. The van der Waals surface area contributed by atoms with Crippen LogP contribution in [0.5, 0.6) is 0 Å². The summed E-state index contributed by atoms with van der Waals surface area (Å²) in [5.74, 6) is -0.286. The van der Waals surface area contributed by atoms with Crippen molar-refractivity contribution in [2.24, 2.45) is 0 Å². The summed E-state index contributed by atoms with van der Waals surface area (Å²) < 4.78 is 8.37. The molecule has 9 heteroatoms. The predicted octanol–water partition coefficient (Wildman–Crippen LogP) is 3.54. The molecule has 0 spiro atoms. The second-order valence-corrected chi connectivity index (χ2v) is 6.18. The van der Waals surface area contributed by atoms with Crippen LogP contribution in [0.15, 0.2) is 48.1 Å². The number of pyridine rings is 1. The fourth-order valence-electron chi connectivity index (χ4n) is 2.09. The number of carbonyl (C=O) groups excluding carboxylic acids is 1. The standard InChI is InChI=1S/C15H10N6OS2/c22-14(18-10-4-1-5-11-13(10)21-24-20-11)12-8-23-15(19-12)17-9-3-2-6-16-7-9/h1-8H,(H,17,19)(H,18,22). The van der Waals surface area contributed by atoms with Crippen LogP contribution in [0.2, 0.25) is 0 Å². The van der Waals surface area contributed by atoms with Crippen LogP contribution in [0, 0.1) is 0 Å². The van der Waals surface area contributed by atoms with E-state index < -0.39 is 0 Å². The van der Waals surface area contributed by atoms with E-state index in [0.29, 0.717) is 22.0 Å². The lowest BCUT2D eigenvalue weighted by Gasteiger charge is -2.03. The van der Waals surface area contributed by atoms with E-state index in [0.717, 1.165) is 22.9 Å². The number of nitrogens with zero attached hydrogens (tertiary/aromatic N) is 4. The summed E-state index contributed by atoms with van der Waals surface area (Å²) in [7, 11) is 0. The van der Waals surface area contributed by atoms with E-state index in [1.54, 1.807) is 23.8 Å². The third-order valence-corrected chi connectivity index (χ3v) is 4.48. The first-order valence-corrected chi connectivity index (χ1v) is 8.56. The lowest BCUT2D eigenvalue weighted by atomic mass is 10.2. The quantitative estimate of drug-likeness (QED) is 0.582. The second kappa shape index (κ2) is 6.30. The van der Waals surface area contributed by atoms with Gasteiger partial charge in [0.1, 0.15) is 16.7 Å². The molecule has 2 N–H and O–H groups in total. The number of rotatable bonds is 4. The lowest BCUT2D eigenvalue weighted by molar-refractivity contribution is 0.102. The van der Waals surface area contributed by atoms with E-state index in [1.165, 1.54) is 11.3 Å². The maximum absolute atomic E-state index is 12.4. The summed E-state index contributed by atoms with van der Waals surface area (Å²) in [6.07, 6.45) is 3.39. The summed E-state index contributed by atoms with van der Waals surface area (Å²) in [5, 5.41) is 8.27. The van der Waals surface area contributed by atoms with Gasteiger partial charge >= 0.3 is 0 Å². The van der Waals surface area contributed by atoms with E-state index in [9.17, 15) is 4.79 Å². The van der Waals surface area contributed by atoms with Crippen molar-refractivity contribution < 1.29 is 4.79 Å². The van der Waals surface area contributed by atoms with Crippen molar-refractivity contribution in [2.75, 3.05) is 10.6 Å². The van der Waals surface area contributed by atoms with E-state index >= 15 is 0 Å². The van der Waals surface area contributed by atoms with Crippen LogP contribution in [0.4, 0.5) is 16.5 Å². The molecule has 3 aromatic heterocycles. The highest BCUT2D eigenvalue weighted by molar-refractivity contribution is 7.14. The Morgan fingerprint density at radius 2 is 2.08 bits per heavy atom. The van der Waals surface area contributed by atoms with Gasteiger partial charge in [0, 0.05) is 11.6 Å². The Bertz CT molecular complexity index is 997. The van der Waals surface area contributed by atoms with Crippen LogP contribution in [-0.2, 0) is 0 Å². The number of aromatic nitrogens is 4. The number of thiazole rings is 1. The van der Waals surface area contributed by atoms with E-state index in [2.05, 4.69) is 29.3 Å². The van der Waals surface area contributed by atoms with E-state index in [1.807, 2.05) is 24.3 Å². The molecule has 0 radical (unpaired) electrons. The average Bonchev–Trinajstić information content (AvgIpc) is 3.25. The average molecular weight is 354 g/mol. The summed E-state index contributed by atoms with van der Waals surface area (Å²) in [6.45, 7) is 0. The molecule has 0 bridgehead atoms. The van der Waals surface area contributed by atoms with Gasteiger partial charge in [-0.1, -0.05) is 6.07 Å². The Hall–Kier alpha value is -2.91. The van der Waals surface area contributed by atoms with Crippen molar-refractivity contribution in [1.82, 2.24) is 18.7 Å². The predicted molar refractivity (Wildman–Crippen MR) is 95.0 cm³/mol. The Labute approximate surface area is 144 Å². The van der Waals surface area contributed by atoms with Crippen molar-refractivity contribution in [3.63, 3.8) is 0 Å². The number of amides is 1. The molecule has 0 atom stereocenters. The molecule has 7 nitrogen and oxygen atoms in total. The van der Waals surface area contributed by atoms with Crippen LogP contribution >= 0.6 is 23.1 Å². The number of nitrogens with one attached hydrogen (secondary N) is 2. The highest BCUT2D eigenvalue weighted by Gasteiger charge is 2.14. The Morgan fingerprint density at radius 3 is 2.96 bits per heavy atom. The van der Waals surface area contributed by atoms with Gasteiger partial charge in [-0.2, -0.15) is 8.75 Å². The van der Waals surface area contributed by atoms with Gasteiger partial charge in [0.2, 0.25) is 0 Å². The number of hydrogen-bond donors (Lipinski definition) is 2. The monoisotopic (exact) mass is 354 g/mol. The normalized spacial score (nSPS) is 10.7. The maximum Gasteiger partial charge on any atom is 0.275 e. The summed E-state index contributed by atoms with van der Waals surface area (Å²) in [5.41, 5.74) is 3.22. The topological polar surface area (TPSA) is 92.7 Å². The second-order valence-electron chi connectivity index (χ2n) is 4.80. The van der Waals surface area contributed by atoms with E-state index in [4.69, 9.17) is 0 Å². The van der Waals surface area contributed by atoms with Crippen LogP contribution in [0.3, 0.4) is 0 Å². The number of fused-ring (bicyclic) bond motifs is 1. The highest BCUT2D eigenvalue weighted by atomic mass is 32.1. The Kier molecular flexibility index (Phi) is 3.85. The highest BCUT2D eigenvalue weighted by Crippen LogP contribution is 2.24. The minimum absolute atomic E-state index is 0.286. The molecule has 0 aliphatic rings. The number of benzene rings is 1. The zero-order valence-electron chi connectivity index (χ0n) is 12.1. The van der Waals surface area contributed by atoms with Gasteiger partial charge in [0.15, 0.2) is 5.13 Å². The largest absolute Gasteiger partial charge is 0.330 e. The molecule has 1 aromatic carbocycles. The van der Waals surface area contributed by atoms with Crippen LogP contribution in [0.25, 0.3) is 11.0 Å². The smallest absolute Gasteiger partial charge is 0.275 e. The summed E-state index contributed by atoms with van der Waals surface area (Å²) in [4.78, 5) is 20.7. The molecule has 0 saturated heterocycles. The molecule has 4 aromatic rings. The van der Waals surface area contributed by atoms with Crippen molar-refractivity contribution in [3.05, 3.63) is 53.8 Å². The SMILES string of the molecule is O=C(Nc1cccc2nsnc12)c1csc(Nc2cccnc2)n1. The Balaban J connectivity index is 1.52.